The molecule has 0 spiro atoms. The predicted molar refractivity (Wildman–Crippen MR) is 82.5 cm³/mol. The van der Waals surface area contributed by atoms with Crippen molar-refractivity contribution in [3.63, 3.8) is 0 Å². The number of nitrogens with zero attached hydrogens (tertiary/aromatic N) is 2. The lowest BCUT2D eigenvalue weighted by Crippen LogP contribution is -2.12. The van der Waals surface area contributed by atoms with Crippen molar-refractivity contribution in [1.82, 2.24) is 10.1 Å². The topological polar surface area (TPSA) is 68.0 Å². The first-order valence-corrected chi connectivity index (χ1v) is 7.62. The molecule has 1 N–H and O–H groups in total. The Hall–Kier alpha value is -2.28. The maximum Gasteiger partial charge on any atom is 0.226 e. The Labute approximate surface area is 130 Å². The summed E-state index contributed by atoms with van der Waals surface area (Å²) in [4.78, 5) is 16.3. The van der Waals surface area contributed by atoms with E-state index in [-0.39, 0.29) is 11.7 Å². The molecule has 0 saturated carbocycles. The van der Waals surface area contributed by atoms with Crippen molar-refractivity contribution in [2.45, 2.75) is 26.7 Å². The number of benzene rings is 1. The van der Waals surface area contributed by atoms with Crippen LogP contribution in [-0.4, -0.2) is 16.0 Å². The summed E-state index contributed by atoms with van der Waals surface area (Å²) in [5.74, 6) is 0.285. The predicted octanol–water partition coefficient (Wildman–Crippen LogP) is 3.61. The Morgan fingerprint density at radius 1 is 1.41 bits per heavy atom. The first kappa shape index (κ1) is 14.6. The first-order chi connectivity index (χ1) is 10.5. The molecule has 5 nitrogen and oxygen atoms in total. The fraction of sp³-hybridized carbons (Fsp3) is 0.267. The molecule has 0 unspecified atom stereocenters. The van der Waals surface area contributed by atoms with Gasteiger partial charge in [-0.3, -0.25) is 4.79 Å². The van der Waals surface area contributed by atoms with E-state index in [1.807, 2.05) is 13.8 Å². The highest BCUT2D eigenvalue weighted by atomic mass is 32.1. The molecule has 0 saturated heterocycles. The first-order valence-electron chi connectivity index (χ1n) is 6.80. The van der Waals surface area contributed by atoms with Gasteiger partial charge in [0.1, 0.15) is 11.6 Å². The van der Waals surface area contributed by atoms with Crippen molar-refractivity contribution in [1.29, 1.82) is 0 Å². The fourth-order valence-corrected chi connectivity index (χ4v) is 3.14. The number of aryl methyl sites for hydroxylation is 2. The second-order valence-corrected chi connectivity index (χ2v) is 6.01. The van der Waals surface area contributed by atoms with E-state index in [4.69, 9.17) is 4.52 Å². The molecule has 0 radical (unpaired) electrons. The van der Waals surface area contributed by atoms with Gasteiger partial charge in [0.25, 0.3) is 0 Å². The molecular formula is C15H14FN3O2S. The molecule has 114 valence electrons. The van der Waals surface area contributed by atoms with Crippen molar-refractivity contribution < 1.29 is 13.7 Å². The zero-order valence-electron chi connectivity index (χ0n) is 12.1. The molecule has 0 fully saturated rings. The maximum atomic E-state index is 13.1. The normalized spacial score (nSPS) is 11.0. The molecule has 2 aromatic heterocycles. The van der Waals surface area contributed by atoms with E-state index in [1.165, 1.54) is 23.5 Å². The standard InChI is InChI=1S/C15H14FN3O2S/c1-8-11(9(2)21-19-8)4-6-14(20)18-15-17-12-5-3-10(16)7-13(12)22-15/h3,5,7H,4,6H2,1-2H3,(H,17,18,20). The van der Waals surface area contributed by atoms with E-state index in [0.717, 1.165) is 17.0 Å². The quantitative estimate of drug-likeness (QED) is 0.797. The van der Waals surface area contributed by atoms with Crippen LogP contribution in [0.2, 0.25) is 0 Å². The second kappa shape index (κ2) is 5.84. The minimum Gasteiger partial charge on any atom is -0.361 e. The Kier molecular flexibility index (Phi) is 3.89. The van der Waals surface area contributed by atoms with Gasteiger partial charge < -0.3 is 9.84 Å². The third kappa shape index (κ3) is 2.99. The Bertz CT molecular complexity index is 821. The van der Waals surface area contributed by atoms with Gasteiger partial charge >= 0.3 is 0 Å². The molecule has 0 atom stereocenters. The van der Waals surface area contributed by atoms with Gasteiger partial charge in [0.2, 0.25) is 5.91 Å². The number of nitrogens with one attached hydrogen (secondary N) is 1. The van der Waals surface area contributed by atoms with E-state index in [1.54, 1.807) is 6.07 Å². The average Bonchev–Trinajstić information content (AvgIpc) is 3.00. The SMILES string of the molecule is Cc1noc(C)c1CCC(=O)Nc1nc2ccc(F)cc2s1. The van der Waals surface area contributed by atoms with Gasteiger partial charge in [0, 0.05) is 12.0 Å². The largest absolute Gasteiger partial charge is 0.361 e. The number of hydrogen-bond acceptors (Lipinski definition) is 5. The highest BCUT2D eigenvalue weighted by Gasteiger charge is 2.13. The van der Waals surface area contributed by atoms with Crippen LogP contribution < -0.4 is 5.32 Å². The lowest BCUT2D eigenvalue weighted by molar-refractivity contribution is -0.116. The molecule has 7 heteroatoms. The van der Waals surface area contributed by atoms with E-state index >= 15 is 0 Å². The molecule has 0 aliphatic heterocycles. The van der Waals surface area contributed by atoms with Gasteiger partial charge in [-0.25, -0.2) is 9.37 Å². The monoisotopic (exact) mass is 319 g/mol. The number of rotatable bonds is 4. The number of anilines is 1. The molecule has 0 aliphatic carbocycles. The lowest BCUT2D eigenvalue weighted by Gasteiger charge is -2.01. The Balaban J connectivity index is 1.65. The average molecular weight is 319 g/mol. The second-order valence-electron chi connectivity index (χ2n) is 4.98. The van der Waals surface area contributed by atoms with Crippen LogP contribution in [0.1, 0.15) is 23.4 Å². The summed E-state index contributed by atoms with van der Waals surface area (Å²) in [6.45, 7) is 3.68. The van der Waals surface area contributed by atoms with Crippen LogP contribution in [0, 0.1) is 19.7 Å². The van der Waals surface area contributed by atoms with Crippen molar-refractivity contribution >= 4 is 32.6 Å². The highest BCUT2D eigenvalue weighted by Crippen LogP contribution is 2.26. The summed E-state index contributed by atoms with van der Waals surface area (Å²) >= 11 is 1.26. The van der Waals surface area contributed by atoms with Crippen LogP contribution in [0.25, 0.3) is 10.2 Å². The molecule has 0 bridgehead atoms. The number of thiazole rings is 1. The smallest absolute Gasteiger partial charge is 0.226 e. The summed E-state index contributed by atoms with van der Waals surface area (Å²) in [5.41, 5.74) is 2.44. The van der Waals surface area contributed by atoms with Gasteiger partial charge in [0.05, 0.1) is 15.9 Å². The van der Waals surface area contributed by atoms with Crippen LogP contribution in [0.15, 0.2) is 22.7 Å². The van der Waals surface area contributed by atoms with E-state index in [0.29, 0.717) is 28.2 Å². The lowest BCUT2D eigenvalue weighted by atomic mass is 10.1. The van der Waals surface area contributed by atoms with E-state index in [2.05, 4.69) is 15.5 Å². The van der Waals surface area contributed by atoms with Crippen LogP contribution >= 0.6 is 11.3 Å². The summed E-state index contributed by atoms with van der Waals surface area (Å²) < 4.78 is 18.9. The van der Waals surface area contributed by atoms with Crippen LogP contribution in [0.4, 0.5) is 9.52 Å². The van der Waals surface area contributed by atoms with Crippen molar-refractivity contribution in [2.75, 3.05) is 5.32 Å². The van der Waals surface area contributed by atoms with Gasteiger partial charge in [-0.1, -0.05) is 16.5 Å². The fourth-order valence-electron chi connectivity index (χ4n) is 2.23. The molecule has 3 rings (SSSR count). The maximum absolute atomic E-state index is 13.1. The zero-order chi connectivity index (χ0) is 15.7. The van der Waals surface area contributed by atoms with E-state index < -0.39 is 0 Å². The molecule has 1 aromatic carbocycles. The minimum atomic E-state index is -0.313. The van der Waals surface area contributed by atoms with Crippen molar-refractivity contribution in [3.05, 3.63) is 41.0 Å². The minimum absolute atomic E-state index is 0.139. The third-order valence-electron chi connectivity index (χ3n) is 3.38. The number of aromatic nitrogens is 2. The molecular weight excluding hydrogens is 305 g/mol. The van der Waals surface area contributed by atoms with Crippen molar-refractivity contribution in [2.24, 2.45) is 0 Å². The molecule has 22 heavy (non-hydrogen) atoms. The van der Waals surface area contributed by atoms with Crippen LogP contribution in [-0.2, 0) is 11.2 Å². The molecule has 0 aliphatic rings. The number of carbonyl (C=O) groups excluding carboxylic acids is 1. The van der Waals surface area contributed by atoms with E-state index in [9.17, 15) is 9.18 Å². The summed E-state index contributed by atoms with van der Waals surface area (Å²) in [6.07, 6.45) is 0.875. The van der Waals surface area contributed by atoms with Crippen LogP contribution in [0.5, 0.6) is 0 Å². The van der Waals surface area contributed by atoms with Gasteiger partial charge in [-0.2, -0.15) is 0 Å². The van der Waals surface area contributed by atoms with Gasteiger partial charge in [-0.05, 0) is 38.5 Å². The van der Waals surface area contributed by atoms with Gasteiger partial charge in [-0.15, -0.1) is 0 Å². The highest BCUT2D eigenvalue weighted by molar-refractivity contribution is 7.22. The Morgan fingerprint density at radius 2 is 2.23 bits per heavy atom. The summed E-state index contributed by atoms with van der Waals surface area (Å²) in [6, 6.07) is 4.36. The van der Waals surface area contributed by atoms with Gasteiger partial charge in [0.15, 0.2) is 5.13 Å². The summed E-state index contributed by atoms with van der Waals surface area (Å²) in [7, 11) is 0. The number of halogens is 1. The third-order valence-corrected chi connectivity index (χ3v) is 4.31. The zero-order valence-corrected chi connectivity index (χ0v) is 13.0. The Morgan fingerprint density at radius 3 is 2.95 bits per heavy atom. The summed E-state index contributed by atoms with van der Waals surface area (Å²) in [5, 5.41) is 7.09. The van der Waals surface area contributed by atoms with Crippen molar-refractivity contribution in [3.8, 4) is 0 Å². The molecule has 3 aromatic rings. The van der Waals surface area contributed by atoms with Crippen LogP contribution in [0.3, 0.4) is 0 Å². The number of carbonyl (C=O) groups is 1. The number of amides is 1. The molecule has 2 heterocycles. The number of hydrogen-bond donors (Lipinski definition) is 1. The number of fused-ring (bicyclic) bond motifs is 1. The molecule has 1 amide bonds.